The number of hydrogen-bond donors (Lipinski definition) is 1. The van der Waals surface area contributed by atoms with Crippen molar-refractivity contribution in [1.82, 2.24) is 25.3 Å². The second-order valence-electron chi connectivity index (χ2n) is 3.97. The lowest BCUT2D eigenvalue weighted by Crippen LogP contribution is -2.25. The van der Waals surface area contributed by atoms with Gasteiger partial charge in [-0.3, -0.25) is 4.98 Å². The Morgan fingerprint density at radius 2 is 2.05 bits per heavy atom. The summed E-state index contributed by atoms with van der Waals surface area (Å²) in [5.74, 6) is 0.509. The first-order chi connectivity index (χ1) is 9.36. The monoisotopic (exact) mass is 259 g/mol. The Bertz CT molecular complexity index is 505. The van der Waals surface area contributed by atoms with Crippen molar-refractivity contribution < 1.29 is 4.74 Å². The first-order valence-corrected chi connectivity index (χ1v) is 6.21. The van der Waals surface area contributed by atoms with Gasteiger partial charge in [-0.15, -0.1) is 0 Å². The van der Waals surface area contributed by atoms with Gasteiger partial charge < -0.3 is 10.1 Å². The van der Waals surface area contributed by atoms with Gasteiger partial charge in [0.25, 0.3) is 0 Å². The molecule has 0 fully saturated rings. The Labute approximate surface area is 112 Å². The lowest BCUT2D eigenvalue weighted by molar-refractivity contribution is 0.381. The van der Waals surface area contributed by atoms with Crippen molar-refractivity contribution in [2.24, 2.45) is 0 Å². The van der Waals surface area contributed by atoms with E-state index < -0.39 is 0 Å². The van der Waals surface area contributed by atoms with E-state index in [2.05, 4.69) is 32.2 Å². The number of methoxy groups -OCH3 is 1. The summed E-state index contributed by atoms with van der Waals surface area (Å²) < 4.78 is 5.27. The van der Waals surface area contributed by atoms with Gasteiger partial charge in [0.15, 0.2) is 0 Å². The lowest BCUT2D eigenvalue weighted by atomic mass is 10.1. The molecule has 6 nitrogen and oxygen atoms in total. The van der Waals surface area contributed by atoms with Crippen molar-refractivity contribution in [3.63, 3.8) is 0 Å². The summed E-state index contributed by atoms with van der Waals surface area (Å²) in [6.45, 7) is 2.96. The highest BCUT2D eigenvalue weighted by atomic mass is 16.5. The first kappa shape index (κ1) is 13.4. The second-order valence-corrected chi connectivity index (χ2v) is 3.97. The summed E-state index contributed by atoms with van der Waals surface area (Å²) in [5, 5.41) is 3.40. The summed E-state index contributed by atoms with van der Waals surface area (Å²) in [5.41, 5.74) is 1.58. The van der Waals surface area contributed by atoms with Crippen LogP contribution in [0.1, 0.15) is 30.8 Å². The van der Waals surface area contributed by atoms with Crippen LogP contribution in [0, 0.1) is 0 Å². The van der Waals surface area contributed by atoms with Crippen LogP contribution < -0.4 is 10.1 Å². The van der Waals surface area contributed by atoms with E-state index >= 15 is 0 Å². The molecule has 0 bridgehead atoms. The normalized spacial score (nSPS) is 12.1. The SMILES string of the molecule is CCCNC(c1ccncn1)c1nccnc1OC. The first-order valence-electron chi connectivity index (χ1n) is 6.21. The molecule has 2 aromatic heterocycles. The van der Waals surface area contributed by atoms with E-state index in [0.29, 0.717) is 5.88 Å². The Hall–Kier alpha value is -2.08. The van der Waals surface area contributed by atoms with E-state index in [4.69, 9.17) is 4.74 Å². The molecular formula is C13H17N5O. The summed E-state index contributed by atoms with van der Waals surface area (Å²) in [4.78, 5) is 16.8. The molecule has 0 aromatic carbocycles. The summed E-state index contributed by atoms with van der Waals surface area (Å²) >= 11 is 0. The quantitative estimate of drug-likeness (QED) is 0.844. The average molecular weight is 259 g/mol. The van der Waals surface area contributed by atoms with Gasteiger partial charge in [0.1, 0.15) is 12.0 Å². The molecule has 0 radical (unpaired) electrons. The van der Waals surface area contributed by atoms with E-state index in [1.807, 2.05) is 6.07 Å². The van der Waals surface area contributed by atoms with Crippen LogP contribution in [0.5, 0.6) is 5.88 Å². The van der Waals surface area contributed by atoms with E-state index in [9.17, 15) is 0 Å². The van der Waals surface area contributed by atoms with Crippen LogP contribution in [0.4, 0.5) is 0 Å². The lowest BCUT2D eigenvalue weighted by Gasteiger charge is -2.18. The van der Waals surface area contributed by atoms with Gasteiger partial charge in [-0.25, -0.2) is 15.0 Å². The fourth-order valence-electron chi connectivity index (χ4n) is 1.79. The van der Waals surface area contributed by atoms with Crippen molar-refractivity contribution >= 4 is 0 Å². The molecule has 1 unspecified atom stereocenters. The molecule has 0 aliphatic heterocycles. The zero-order valence-corrected chi connectivity index (χ0v) is 11.1. The third-order valence-corrected chi connectivity index (χ3v) is 2.66. The smallest absolute Gasteiger partial charge is 0.237 e. The summed E-state index contributed by atoms with van der Waals surface area (Å²) in [7, 11) is 1.59. The highest BCUT2D eigenvalue weighted by Crippen LogP contribution is 2.24. The molecule has 1 atom stereocenters. The van der Waals surface area contributed by atoms with Crippen molar-refractivity contribution in [2.45, 2.75) is 19.4 Å². The molecule has 0 saturated heterocycles. The molecule has 2 aromatic rings. The van der Waals surface area contributed by atoms with Crippen LogP contribution >= 0.6 is 0 Å². The Morgan fingerprint density at radius 3 is 2.74 bits per heavy atom. The molecule has 0 amide bonds. The van der Waals surface area contributed by atoms with Crippen molar-refractivity contribution in [3.8, 4) is 5.88 Å². The molecule has 0 aliphatic rings. The molecule has 2 heterocycles. The molecule has 0 saturated carbocycles. The highest BCUT2D eigenvalue weighted by Gasteiger charge is 2.20. The van der Waals surface area contributed by atoms with E-state index in [-0.39, 0.29) is 6.04 Å². The molecule has 0 spiro atoms. The number of nitrogens with zero attached hydrogens (tertiary/aromatic N) is 4. The van der Waals surface area contributed by atoms with Crippen LogP contribution in [-0.4, -0.2) is 33.6 Å². The van der Waals surface area contributed by atoms with Crippen LogP contribution in [0.3, 0.4) is 0 Å². The van der Waals surface area contributed by atoms with Crippen LogP contribution in [-0.2, 0) is 0 Å². The average Bonchev–Trinajstić information content (AvgIpc) is 2.49. The van der Waals surface area contributed by atoms with Crippen molar-refractivity contribution in [3.05, 3.63) is 42.4 Å². The van der Waals surface area contributed by atoms with Gasteiger partial charge in [-0.1, -0.05) is 6.92 Å². The number of rotatable bonds is 6. The molecule has 2 rings (SSSR count). The van der Waals surface area contributed by atoms with Gasteiger partial charge in [0, 0.05) is 18.6 Å². The summed E-state index contributed by atoms with van der Waals surface area (Å²) in [6, 6.07) is 1.72. The van der Waals surface area contributed by atoms with Crippen LogP contribution in [0.2, 0.25) is 0 Å². The predicted molar refractivity (Wildman–Crippen MR) is 70.8 cm³/mol. The van der Waals surface area contributed by atoms with Gasteiger partial charge in [0.2, 0.25) is 5.88 Å². The van der Waals surface area contributed by atoms with Gasteiger partial charge in [0.05, 0.1) is 18.8 Å². The summed E-state index contributed by atoms with van der Waals surface area (Å²) in [6.07, 6.45) is 7.52. The second kappa shape index (κ2) is 6.75. The molecule has 100 valence electrons. The Balaban J connectivity index is 2.37. The Kier molecular flexibility index (Phi) is 4.74. The predicted octanol–water partition coefficient (Wildman–Crippen LogP) is 1.36. The van der Waals surface area contributed by atoms with E-state index in [1.54, 1.807) is 25.7 Å². The van der Waals surface area contributed by atoms with Crippen molar-refractivity contribution in [1.29, 1.82) is 0 Å². The molecule has 19 heavy (non-hydrogen) atoms. The zero-order valence-electron chi connectivity index (χ0n) is 11.1. The minimum absolute atomic E-state index is 0.147. The number of ether oxygens (including phenoxy) is 1. The molecular weight excluding hydrogens is 242 g/mol. The maximum atomic E-state index is 5.27. The fourth-order valence-corrected chi connectivity index (χ4v) is 1.79. The maximum absolute atomic E-state index is 5.27. The topological polar surface area (TPSA) is 72.8 Å². The fraction of sp³-hybridized carbons (Fsp3) is 0.385. The molecule has 6 heteroatoms. The largest absolute Gasteiger partial charge is 0.480 e. The van der Waals surface area contributed by atoms with Crippen molar-refractivity contribution in [2.75, 3.05) is 13.7 Å². The van der Waals surface area contributed by atoms with Gasteiger partial charge in [-0.2, -0.15) is 0 Å². The van der Waals surface area contributed by atoms with E-state index in [1.165, 1.54) is 6.33 Å². The minimum Gasteiger partial charge on any atom is -0.480 e. The number of aromatic nitrogens is 4. The molecule has 0 aliphatic carbocycles. The number of hydrogen-bond acceptors (Lipinski definition) is 6. The maximum Gasteiger partial charge on any atom is 0.237 e. The van der Waals surface area contributed by atoms with Crippen LogP contribution in [0.25, 0.3) is 0 Å². The molecule has 1 N–H and O–H groups in total. The van der Waals surface area contributed by atoms with Crippen LogP contribution in [0.15, 0.2) is 31.0 Å². The standard InChI is InChI=1S/C13H17N5O/c1-3-5-15-11(10-4-6-14-9-18-10)12-13(19-2)17-8-7-16-12/h4,6-9,11,15H,3,5H2,1-2H3. The third kappa shape index (κ3) is 3.23. The van der Waals surface area contributed by atoms with Gasteiger partial charge >= 0.3 is 0 Å². The minimum atomic E-state index is -0.147. The number of nitrogens with one attached hydrogen (secondary N) is 1. The third-order valence-electron chi connectivity index (χ3n) is 2.66. The zero-order chi connectivity index (χ0) is 13.5. The highest BCUT2D eigenvalue weighted by molar-refractivity contribution is 5.28. The van der Waals surface area contributed by atoms with E-state index in [0.717, 1.165) is 24.4 Å². The van der Waals surface area contributed by atoms with Gasteiger partial charge in [-0.05, 0) is 19.0 Å². The Morgan fingerprint density at radius 1 is 1.21 bits per heavy atom.